The SMILES string of the molecule is COc1ccc(C(=O)CSc2nnc(COc3cccc(C)c3)o2)cc1Cl. The number of aromatic nitrogens is 2. The number of ketones is 1. The van der Waals surface area contributed by atoms with Gasteiger partial charge in [0.2, 0.25) is 0 Å². The number of thioether (sulfide) groups is 1. The lowest BCUT2D eigenvalue weighted by Gasteiger charge is -2.05. The highest BCUT2D eigenvalue weighted by Crippen LogP contribution is 2.26. The van der Waals surface area contributed by atoms with Crippen LogP contribution in [0.4, 0.5) is 0 Å². The Bertz CT molecular complexity index is 945. The number of ether oxygens (including phenoxy) is 2. The Morgan fingerprint density at radius 3 is 2.81 bits per heavy atom. The highest BCUT2D eigenvalue weighted by atomic mass is 35.5. The molecule has 0 saturated carbocycles. The van der Waals surface area contributed by atoms with Gasteiger partial charge in [-0.2, -0.15) is 0 Å². The van der Waals surface area contributed by atoms with E-state index in [1.807, 2.05) is 31.2 Å². The molecule has 1 aromatic heterocycles. The van der Waals surface area contributed by atoms with Crippen molar-refractivity contribution in [3.63, 3.8) is 0 Å². The third-order valence-corrected chi connectivity index (χ3v) is 4.71. The average Bonchev–Trinajstić information content (AvgIpc) is 3.12. The fourth-order valence-corrected chi connectivity index (χ4v) is 3.19. The molecule has 0 amide bonds. The molecule has 8 heteroatoms. The zero-order chi connectivity index (χ0) is 19.2. The van der Waals surface area contributed by atoms with Crippen LogP contribution in [0, 0.1) is 6.92 Å². The molecule has 0 aliphatic heterocycles. The summed E-state index contributed by atoms with van der Waals surface area (Å²) in [6, 6.07) is 12.6. The van der Waals surface area contributed by atoms with Crippen molar-refractivity contribution < 1.29 is 18.7 Å². The Morgan fingerprint density at radius 2 is 2.07 bits per heavy atom. The number of hydrogen-bond donors (Lipinski definition) is 0. The number of methoxy groups -OCH3 is 1. The van der Waals surface area contributed by atoms with E-state index in [0.29, 0.717) is 27.4 Å². The molecule has 0 N–H and O–H groups in total. The topological polar surface area (TPSA) is 74.5 Å². The number of benzene rings is 2. The van der Waals surface area contributed by atoms with Gasteiger partial charge in [0.15, 0.2) is 12.4 Å². The summed E-state index contributed by atoms with van der Waals surface area (Å²) in [7, 11) is 1.52. The molecule has 0 fully saturated rings. The number of Topliss-reactive ketones (excluding diaryl/α,β-unsaturated/α-hetero) is 1. The Morgan fingerprint density at radius 1 is 1.22 bits per heavy atom. The molecule has 3 rings (SSSR count). The first-order valence-electron chi connectivity index (χ1n) is 8.06. The number of aryl methyl sites for hydroxylation is 1. The van der Waals surface area contributed by atoms with Gasteiger partial charge in [-0.3, -0.25) is 4.79 Å². The van der Waals surface area contributed by atoms with Gasteiger partial charge in [-0.05, 0) is 42.8 Å². The number of rotatable bonds is 8. The predicted octanol–water partition coefficient (Wildman–Crippen LogP) is 4.59. The fourth-order valence-electron chi connectivity index (χ4n) is 2.26. The largest absolute Gasteiger partial charge is 0.495 e. The van der Waals surface area contributed by atoms with Gasteiger partial charge in [0.05, 0.1) is 17.9 Å². The van der Waals surface area contributed by atoms with E-state index < -0.39 is 0 Å². The number of halogens is 1. The molecule has 0 aliphatic carbocycles. The van der Waals surface area contributed by atoms with Gasteiger partial charge >= 0.3 is 0 Å². The first-order chi connectivity index (χ1) is 13.0. The van der Waals surface area contributed by atoms with Crippen molar-refractivity contribution in [1.82, 2.24) is 10.2 Å². The summed E-state index contributed by atoms with van der Waals surface area (Å²) in [4.78, 5) is 12.3. The molecule has 0 unspecified atom stereocenters. The summed E-state index contributed by atoms with van der Waals surface area (Å²) in [5.41, 5.74) is 1.60. The van der Waals surface area contributed by atoms with Gasteiger partial charge in [0.25, 0.3) is 11.1 Å². The molecule has 0 saturated heterocycles. The second-order valence-corrected chi connectivity index (χ2v) is 6.96. The zero-order valence-corrected chi connectivity index (χ0v) is 16.3. The van der Waals surface area contributed by atoms with E-state index in [4.69, 9.17) is 25.5 Å². The molecule has 0 spiro atoms. The van der Waals surface area contributed by atoms with Crippen molar-refractivity contribution in [3.8, 4) is 11.5 Å². The Hall–Kier alpha value is -2.51. The second kappa shape index (κ2) is 8.92. The van der Waals surface area contributed by atoms with E-state index in [2.05, 4.69) is 10.2 Å². The van der Waals surface area contributed by atoms with Crippen LogP contribution < -0.4 is 9.47 Å². The minimum atomic E-state index is -0.0969. The van der Waals surface area contributed by atoms with Crippen LogP contribution >= 0.6 is 23.4 Å². The van der Waals surface area contributed by atoms with E-state index in [1.165, 1.54) is 7.11 Å². The number of nitrogens with zero attached hydrogens (tertiary/aromatic N) is 2. The van der Waals surface area contributed by atoms with Gasteiger partial charge in [0.1, 0.15) is 11.5 Å². The van der Waals surface area contributed by atoms with E-state index in [1.54, 1.807) is 18.2 Å². The molecule has 0 bridgehead atoms. The van der Waals surface area contributed by atoms with Crippen LogP contribution in [0.1, 0.15) is 21.8 Å². The van der Waals surface area contributed by atoms with Crippen molar-refractivity contribution >= 4 is 29.1 Å². The first kappa shape index (κ1) is 19.3. The van der Waals surface area contributed by atoms with Crippen LogP contribution in [0.2, 0.25) is 5.02 Å². The van der Waals surface area contributed by atoms with Crippen molar-refractivity contribution in [2.24, 2.45) is 0 Å². The number of hydrogen-bond acceptors (Lipinski definition) is 7. The predicted molar refractivity (Wildman–Crippen MR) is 103 cm³/mol. The van der Waals surface area contributed by atoms with Gasteiger partial charge in [-0.1, -0.05) is 35.5 Å². The highest BCUT2D eigenvalue weighted by molar-refractivity contribution is 7.99. The molecule has 140 valence electrons. The van der Waals surface area contributed by atoms with E-state index in [0.717, 1.165) is 23.1 Å². The molecular formula is C19H17ClN2O4S. The molecule has 2 aromatic carbocycles. The molecule has 6 nitrogen and oxygen atoms in total. The molecule has 3 aromatic rings. The van der Waals surface area contributed by atoms with Crippen molar-refractivity contribution in [2.75, 3.05) is 12.9 Å². The molecule has 27 heavy (non-hydrogen) atoms. The molecular weight excluding hydrogens is 388 g/mol. The third kappa shape index (κ3) is 5.24. The maximum atomic E-state index is 12.3. The van der Waals surface area contributed by atoms with Crippen LogP contribution in [0.3, 0.4) is 0 Å². The molecule has 1 heterocycles. The van der Waals surface area contributed by atoms with E-state index in [9.17, 15) is 4.79 Å². The monoisotopic (exact) mass is 404 g/mol. The Balaban J connectivity index is 1.53. The molecule has 0 atom stereocenters. The van der Waals surface area contributed by atoms with Crippen molar-refractivity contribution in [3.05, 3.63) is 64.5 Å². The Labute approximate surface area is 165 Å². The van der Waals surface area contributed by atoms with Gasteiger partial charge in [-0.15, -0.1) is 10.2 Å². The minimum Gasteiger partial charge on any atom is -0.495 e. The summed E-state index contributed by atoms with van der Waals surface area (Å²) in [6.45, 7) is 2.15. The van der Waals surface area contributed by atoms with Crippen LogP contribution in [-0.4, -0.2) is 28.8 Å². The summed E-state index contributed by atoms with van der Waals surface area (Å²) in [5, 5.41) is 8.56. The van der Waals surface area contributed by atoms with Crippen LogP contribution in [0.25, 0.3) is 0 Å². The maximum absolute atomic E-state index is 12.3. The molecule has 0 aliphatic rings. The second-order valence-electron chi connectivity index (χ2n) is 5.63. The van der Waals surface area contributed by atoms with Gasteiger partial charge < -0.3 is 13.9 Å². The fraction of sp³-hybridized carbons (Fsp3) is 0.211. The average molecular weight is 405 g/mol. The maximum Gasteiger partial charge on any atom is 0.277 e. The lowest BCUT2D eigenvalue weighted by molar-refractivity contribution is 0.102. The zero-order valence-electron chi connectivity index (χ0n) is 14.8. The quantitative estimate of drug-likeness (QED) is 0.401. The van der Waals surface area contributed by atoms with Gasteiger partial charge in [-0.25, -0.2) is 0 Å². The van der Waals surface area contributed by atoms with Crippen LogP contribution in [0.5, 0.6) is 11.5 Å². The standard InChI is InChI=1S/C19H17ClN2O4S/c1-12-4-3-5-14(8-12)25-10-18-21-22-19(26-18)27-11-16(23)13-6-7-17(24-2)15(20)9-13/h3-9H,10-11H2,1-2H3. The first-order valence-corrected chi connectivity index (χ1v) is 9.43. The van der Waals surface area contributed by atoms with E-state index in [-0.39, 0.29) is 18.1 Å². The Kier molecular flexibility index (Phi) is 6.36. The molecule has 0 radical (unpaired) electrons. The summed E-state index contributed by atoms with van der Waals surface area (Å²) < 4.78 is 16.2. The summed E-state index contributed by atoms with van der Waals surface area (Å²) >= 11 is 7.21. The number of carbonyl (C=O) groups excluding carboxylic acids is 1. The third-order valence-electron chi connectivity index (χ3n) is 3.60. The number of carbonyl (C=O) groups is 1. The normalized spacial score (nSPS) is 10.6. The smallest absolute Gasteiger partial charge is 0.277 e. The summed E-state index contributed by atoms with van der Waals surface area (Å²) in [6.07, 6.45) is 0. The van der Waals surface area contributed by atoms with Crippen molar-refractivity contribution in [2.45, 2.75) is 18.8 Å². The highest BCUT2D eigenvalue weighted by Gasteiger charge is 2.13. The summed E-state index contributed by atoms with van der Waals surface area (Å²) in [5.74, 6) is 1.66. The lowest BCUT2D eigenvalue weighted by Crippen LogP contribution is -2.02. The van der Waals surface area contributed by atoms with Crippen LogP contribution in [-0.2, 0) is 6.61 Å². The van der Waals surface area contributed by atoms with Gasteiger partial charge in [0, 0.05) is 5.56 Å². The van der Waals surface area contributed by atoms with E-state index >= 15 is 0 Å². The van der Waals surface area contributed by atoms with Crippen molar-refractivity contribution in [1.29, 1.82) is 0 Å². The lowest BCUT2D eigenvalue weighted by atomic mass is 10.1. The minimum absolute atomic E-state index is 0.0969. The van der Waals surface area contributed by atoms with Crippen LogP contribution in [0.15, 0.2) is 52.1 Å².